The second kappa shape index (κ2) is 3.60. The summed E-state index contributed by atoms with van der Waals surface area (Å²) in [6, 6.07) is 0. The maximum atomic E-state index is 8.45. The van der Waals surface area contributed by atoms with Gasteiger partial charge in [0.05, 0.1) is 0 Å². The highest BCUT2D eigenvalue weighted by Gasteiger charge is 2.24. The van der Waals surface area contributed by atoms with E-state index in [0.29, 0.717) is 11.8 Å². The van der Waals surface area contributed by atoms with Crippen molar-refractivity contribution in [2.45, 2.75) is 34.1 Å². The van der Waals surface area contributed by atoms with Crippen LogP contribution >= 0.6 is 0 Å². The third-order valence-corrected chi connectivity index (χ3v) is 1.72. The Bertz CT molecular complexity index is 150. The van der Waals surface area contributed by atoms with Crippen LogP contribution in [0.1, 0.15) is 34.1 Å². The molecule has 0 aliphatic heterocycles. The van der Waals surface area contributed by atoms with Crippen LogP contribution in [0, 0.1) is 11.3 Å². The Balaban J connectivity index is 4.22. The predicted octanol–water partition coefficient (Wildman–Crippen LogP) is 1.81. The Morgan fingerprint density at radius 1 is 1.55 bits per heavy atom. The van der Waals surface area contributed by atoms with Crippen LogP contribution in [-0.2, 0) is 0 Å². The molecule has 0 aromatic rings. The minimum Gasteiger partial charge on any atom is -0.409 e. The number of rotatable bonds is 3. The summed E-state index contributed by atoms with van der Waals surface area (Å²) in [5, 5.41) is 11.5. The van der Waals surface area contributed by atoms with E-state index in [9.17, 15) is 0 Å². The van der Waals surface area contributed by atoms with E-state index in [-0.39, 0.29) is 5.41 Å². The SMILES string of the molecule is CC(C)CC(C)(C)/C(N)=N/O. The van der Waals surface area contributed by atoms with E-state index >= 15 is 0 Å². The molecule has 0 radical (unpaired) electrons. The van der Waals surface area contributed by atoms with Gasteiger partial charge in [0.15, 0.2) is 0 Å². The van der Waals surface area contributed by atoms with Crippen molar-refractivity contribution in [1.82, 2.24) is 0 Å². The van der Waals surface area contributed by atoms with E-state index in [0.717, 1.165) is 6.42 Å². The molecule has 0 aliphatic carbocycles. The highest BCUT2D eigenvalue weighted by molar-refractivity contribution is 5.85. The zero-order valence-corrected chi connectivity index (χ0v) is 7.76. The van der Waals surface area contributed by atoms with E-state index in [1.54, 1.807) is 0 Å². The summed E-state index contributed by atoms with van der Waals surface area (Å²) in [6.45, 7) is 8.18. The minimum absolute atomic E-state index is 0.192. The van der Waals surface area contributed by atoms with Crippen LogP contribution in [0.15, 0.2) is 5.16 Å². The molecule has 0 heterocycles. The molecule has 0 amide bonds. The fourth-order valence-corrected chi connectivity index (χ4v) is 1.26. The maximum absolute atomic E-state index is 8.45. The Morgan fingerprint density at radius 3 is 2.27 bits per heavy atom. The van der Waals surface area contributed by atoms with Crippen LogP contribution < -0.4 is 5.73 Å². The summed E-state index contributed by atoms with van der Waals surface area (Å²) in [5.74, 6) is 0.872. The van der Waals surface area contributed by atoms with E-state index < -0.39 is 0 Å². The molecule has 3 nitrogen and oxygen atoms in total. The predicted molar refractivity (Wildman–Crippen MR) is 46.6 cm³/mol. The van der Waals surface area contributed by atoms with Gasteiger partial charge in [0, 0.05) is 5.41 Å². The molecule has 0 aromatic heterocycles. The Kier molecular flexibility index (Phi) is 3.36. The molecule has 0 aliphatic rings. The first kappa shape index (κ1) is 10.3. The van der Waals surface area contributed by atoms with Crippen LogP contribution in [0.4, 0.5) is 0 Å². The lowest BCUT2D eigenvalue weighted by Crippen LogP contribution is -2.33. The molecular weight excluding hydrogens is 140 g/mol. The van der Waals surface area contributed by atoms with E-state index in [1.165, 1.54) is 0 Å². The second-order valence-corrected chi connectivity index (χ2v) is 3.97. The summed E-state index contributed by atoms with van der Waals surface area (Å²) in [6.07, 6.45) is 0.933. The van der Waals surface area contributed by atoms with Gasteiger partial charge in [0.25, 0.3) is 0 Å². The maximum Gasteiger partial charge on any atom is 0.144 e. The van der Waals surface area contributed by atoms with Gasteiger partial charge in [-0.3, -0.25) is 0 Å². The number of amidine groups is 1. The quantitative estimate of drug-likeness (QED) is 0.285. The molecule has 66 valence electrons. The van der Waals surface area contributed by atoms with E-state index in [2.05, 4.69) is 19.0 Å². The van der Waals surface area contributed by atoms with Crippen LogP contribution in [0.3, 0.4) is 0 Å². The van der Waals surface area contributed by atoms with Gasteiger partial charge < -0.3 is 10.9 Å². The molecule has 0 aromatic carbocycles. The fourth-order valence-electron chi connectivity index (χ4n) is 1.26. The van der Waals surface area contributed by atoms with Crippen molar-refractivity contribution in [3.05, 3.63) is 0 Å². The standard InChI is InChI=1S/C8H18N2O/c1-6(2)5-8(3,4)7(9)10-11/h6,11H,5H2,1-4H3,(H2,9,10). The van der Waals surface area contributed by atoms with E-state index in [4.69, 9.17) is 10.9 Å². The topological polar surface area (TPSA) is 58.6 Å². The van der Waals surface area contributed by atoms with E-state index in [1.807, 2.05) is 13.8 Å². The van der Waals surface area contributed by atoms with Crippen molar-refractivity contribution < 1.29 is 5.21 Å². The van der Waals surface area contributed by atoms with Crippen LogP contribution in [-0.4, -0.2) is 11.0 Å². The summed E-state index contributed by atoms with van der Waals surface area (Å²) in [5.41, 5.74) is 5.31. The zero-order valence-electron chi connectivity index (χ0n) is 7.76. The number of nitrogens with two attached hydrogens (primary N) is 1. The third-order valence-electron chi connectivity index (χ3n) is 1.72. The Labute approximate surface area is 68.3 Å². The Hall–Kier alpha value is -0.730. The smallest absolute Gasteiger partial charge is 0.144 e. The van der Waals surface area contributed by atoms with Crippen molar-refractivity contribution >= 4 is 5.84 Å². The summed E-state index contributed by atoms with van der Waals surface area (Å²) >= 11 is 0. The molecule has 0 unspecified atom stereocenters. The fraction of sp³-hybridized carbons (Fsp3) is 0.875. The average molecular weight is 158 g/mol. The lowest BCUT2D eigenvalue weighted by atomic mass is 9.83. The highest BCUT2D eigenvalue weighted by Crippen LogP contribution is 2.24. The lowest BCUT2D eigenvalue weighted by Gasteiger charge is -2.24. The third kappa shape index (κ3) is 3.25. The molecule has 3 N–H and O–H groups in total. The molecule has 0 saturated heterocycles. The summed E-state index contributed by atoms with van der Waals surface area (Å²) in [4.78, 5) is 0. The van der Waals surface area contributed by atoms with Crippen LogP contribution in [0.5, 0.6) is 0 Å². The average Bonchev–Trinajstić information content (AvgIpc) is 1.83. The van der Waals surface area contributed by atoms with Gasteiger partial charge in [-0.1, -0.05) is 32.9 Å². The first-order valence-electron chi connectivity index (χ1n) is 3.88. The molecule has 0 rings (SSSR count). The molecule has 0 fully saturated rings. The highest BCUT2D eigenvalue weighted by atomic mass is 16.4. The Morgan fingerprint density at radius 2 is 2.00 bits per heavy atom. The minimum atomic E-state index is -0.192. The number of oxime groups is 1. The first-order valence-corrected chi connectivity index (χ1v) is 3.88. The van der Waals surface area contributed by atoms with Gasteiger partial charge >= 0.3 is 0 Å². The molecular formula is C8H18N2O. The van der Waals surface area contributed by atoms with Crippen molar-refractivity contribution in [1.29, 1.82) is 0 Å². The van der Waals surface area contributed by atoms with Crippen molar-refractivity contribution in [2.24, 2.45) is 22.2 Å². The van der Waals surface area contributed by atoms with Gasteiger partial charge in [-0.05, 0) is 12.3 Å². The lowest BCUT2D eigenvalue weighted by molar-refractivity contribution is 0.299. The molecule has 0 bridgehead atoms. The number of hydrogen-bond donors (Lipinski definition) is 2. The van der Waals surface area contributed by atoms with Gasteiger partial charge in [-0.2, -0.15) is 0 Å². The van der Waals surface area contributed by atoms with Crippen molar-refractivity contribution in [3.63, 3.8) is 0 Å². The van der Waals surface area contributed by atoms with Gasteiger partial charge in [-0.15, -0.1) is 0 Å². The van der Waals surface area contributed by atoms with Crippen LogP contribution in [0.25, 0.3) is 0 Å². The van der Waals surface area contributed by atoms with Gasteiger partial charge in [0.2, 0.25) is 0 Å². The van der Waals surface area contributed by atoms with Crippen molar-refractivity contribution in [2.75, 3.05) is 0 Å². The molecule has 0 spiro atoms. The van der Waals surface area contributed by atoms with Gasteiger partial charge in [-0.25, -0.2) is 0 Å². The molecule has 0 saturated carbocycles. The molecule has 11 heavy (non-hydrogen) atoms. The zero-order chi connectivity index (χ0) is 9.07. The van der Waals surface area contributed by atoms with Crippen molar-refractivity contribution in [3.8, 4) is 0 Å². The first-order chi connectivity index (χ1) is 4.90. The monoisotopic (exact) mass is 158 g/mol. The summed E-state index contributed by atoms with van der Waals surface area (Å²) < 4.78 is 0. The summed E-state index contributed by atoms with van der Waals surface area (Å²) in [7, 11) is 0. The number of nitrogens with zero attached hydrogens (tertiary/aromatic N) is 1. The van der Waals surface area contributed by atoms with Gasteiger partial charge in [0.1, 0.15) is 5.84 Å². The second-order valence-electron chi connectivity index (χ2n) is 3.97. The normalized spacial score (nSPS) is 14.1. The molecule has 0 atom stereocenters. The van der Waals surface area contributed by atoms with Crippen LogP contribution in [0.2, 0.25) is 0 Å². The molecule has 3 heteroatoms. The number of hydrogen-bond acceptors (Lipinski definition) is 2. The largest absolute Gasteiger partial charge is 0.409 e.